The third-order valence-corrected chi connectivity index (χ3v) is 4.83. The summed E-state index contributed by atoms with van der Waals surface area (Å²) in [5.74, 6) is -0.889. The standard InChI is InChI=1S/C22H43NO3.Na/c1-2-3-4-5-6-7-8-9-10-11-12-13-14-15-16-18-21(24)23-20-17-19-22(25)26;/h2-20H2,1H3,(H,23,24)(H,25,26);/q;+1/p-1. The van der Waals surface area contributed by atoms with Gasteiger partial charge >= 0.3 is 35.5 Å². The number of hydrogen-bond donors (Lipinski definition) is 1. The van der Waals surface area contributed by atoms with Crippen molar-refractivity contribution in [2.24, 2.45) is 4.99 Å². The molecule has 5 heteroatoms. The van der Waals surface area contributed by atoms with Crippen molar-refractivity contribution >= 4 is 11.9 Å². The Kier molecular flexibility index (Phi) is 25.9. The quantitative estimate of drug-likeness (QED) is 0.150. The largest absolute Gasteiger partial charge is 1.00 e. The maximum Gasteiger partial charge on any atom is 1.00 e. The van der Waals surface area contributed by atoms with E-state index in [9.17, 15) is 9.90 Å². The molecule has 0 aromatic heterocycles. The second-order valence-corrected chi connectivity index (χ2v) is 7.47. The van der Waals surface area contributed by atoms with Gasteiger partial charge in [-0.25, -0.2) is 0 Å². The fraction of sp³-hybridized carbons (Fsp3) is 0.909. The van der Waals surface area contributed by atoms with E-state index >= 15 is 0 Å². The Hall–Kier alpha value is -0.0600. The zero-order chi connectivity index (χ0) is 19.3. The van der Waals surface area contributed by atoms with Gasteiger partial charge in [0.25, 0.3) is 0 Å². The van der Waals surface area contributed by atoms with E-state index in [1.807, 2.05) is 0 Å². The Balaban J connectivity index is 0. The normalized spacial score (nSPS) is 11.4. The molecule has 0 aromatic rings. The number of carboxylic acid groups (broad SMARTS) is 1. The van der Waals surface area contributed by atoms with Crippen LogP contribution in [-0.2, 0) is 4.79 Å². The maximum atomic E-state index is 11.5. The molecule has 0 unspecified atom stereocenters. The predicted octanol–water partition coefficient (Wildman–Crippen LogP) is 2.88. The van der Waals surface area contributed by atoms with Gasteiger partial charge in [0.05, 0.1) is 0 Å². The monoisotopic (exact) mass is 391 g/mol. The van der Waals surface area contributed by atoms with E-state index in [1.54, 1.807) is 0 Å². The van der Waals surface area contributed by atoms with Crippen LogP contribution in [0.1, 0.15) is 122 Å². The molecule has 0 amide bonds. The third-order valence-electron chi connectivity index (χ3n) is 4.83. The van der Waals surface area contributed by atoms with Crippen LogP contribution in [-0.4, -0.2) is 23.5 Å². The van der Waals surface area contributed by atoms with Crippen molar-refractivity contribution < 1.29 is 44.6 Å². The van der Waals surface area contributed by atoms with Crippen LogP contribution in [0.3, 0.4) is 0 Å². The number of rotatable bonds is 20. The minimum absolute atomic E-state index is 0. The van der Waals surface area contributed by atoms with Crippen molar-refractivity contribution in [1.29, 1.82) is 0 Å². The summed E-state index contributed by atoms with van der Waals surface area (Å²) in [6, 6.07) is 0. The number of aliphatic carboxylic acids is 1. The molecule has 0 bridgehead atoms. The molecule has 0 rings (SSSR count). The van der Waals surface area contributed by atoms with Crippen LogP contribution < -0.4 is 34.7 Å². The zero-order valence-corrected chi connectivity index (χ0v) is 20.1. The number of unbranched alkanes of at least 4 members (excludes halogenated alkanes) is 14. The third kappa shape index (κ3) is 25.9. The fourth-order valence-corrected chi connectivity index (χ4v) is 3.16. The molecule has 27 heavy (non-hydrogen) atoms. The molecule has 0 atom stereocenters. The Morgan fingerprint density at radius 2 is 1.11 bits per heavy atom. The molecule has 0 heterocycles. The van der Waals surface area contributed by atoms with E-state index in [2.05, 4.69) is 11.9 Å². The van der Waals surface area contributed by atoms with Crippen LogP contribution in [0, 0.1) is 0 Å². The van der Waals surface area contributed by atoms with E-state index in [0.717, 1.165) is 12.8 Å². The average molecular weight is 392 g/mol. The SMILES string of the molecule is CCCCCCCCCCCCCCCCCC([O-])=NCCCC(=O)O.[Na+]. The molecule has 0 aliphatic heterocycles. The smallest absolute Gasteiger partial charge is 0.862 e. The second kappa shape index (κ2) is 24.0. The first-order chi connectivity index (χ1) is 12.7. The molecule has 0 aliphatic carbocycles. The molecular formula is C22H42NNaO3. The Morgan fingerprint density at radius 3 is 1.52 bits per heavy atom. The van der Waals surface area contributed by atoms with Gasteiger partial charge in [0.15, 0.2) is 0 Å². The average Bonchev–Trinajstić information content (AvgIpc) is 2.62. The Labute approximate surface area is 189 Å². The van der Waals surface area contributed by atoms with Gasteiger partial charge < -0.3 is 15.2 Å². The first-order valence-electron chi connectivity index (χ1n) is 11.1. The second-order valence-electron chi connectivity index (χ2n) is 7.47. The number of aliphatic imine (C=N–C) groups is 1. The molecule has 0 aliphatic rings. The van der Waals surface area contributed by atoms with Gasteiger partial charge in [-0.05, 0) is 25.2 Å². The van der Waals surface area contributed by atoms with E-state index in [0.29, 0.717) is 19.4 Å². The van der Waals surface area contributed by atoms with Crippen molar-refractivity contribution in [3.63, 3.8) is 0 Å². The van der Waals surface area contributed by atoms with Gasteiger partial charge in [0.1, 0.15) is 0 Å². The minimum atomic E-state index is -0.824. The Morgan fingerprint density at radius 1 is 0.704 bits per heavy atom. The fourth-order valence-electron chi connectivity index (χ4n) is 3.16. The van der Waals surface area contributed by atoms with E-state index in [-0.39, 0.29) is 41.9 Å². The number of carboxylic acids is 1. The summed E-state index contributed by atoms with van der Waals surface area (Å²) in [5.41, 5.74) is 0. The summed E-state index contributed by atoms with van der Waals surface area (Å²) in [6.07, 6.45) is 20.8. The van der Waals surface area contributed by atoms with Crippen molar-refractivity contribution in [2.45, 2.75) is 122 Å². The first kappa shape index (κ1) is 29.1. The number of hydrogen-bond acceptors (Lipinski definition) is 3. The molecule has 0 spiro atoms. The topological polar surface area (TPSA) is 72.7 Å². The summed E-state index contributed by atoms with van der Waals surface area (Å²) in [7, 11) is 0. The van der Waals surface area contributed by atoms with Gasteiger partial charge in [-0.1, -0.05) is 96.8 Å². The molecule has 0 saturated carbocycles. The maximum absolute atomic E-state index is 11.5. The zero-order valence-electron chi connectivity index (χ0n) is 18.1. The molecule has 154 valence electrons. The van der Waals surface area contributed by atoms with Gasteiger partial charge in [0.2, 0.25) is 0 Å². The molecule has 0 saturated heterocycles. The summed E-state index contributed by atoms with van der Waals surface area (Å²) >= 11 is 0. The van der Waals surface area contributed by atoms with Crippen molar-refractivity contribution in [2.75, 3.05) is 6.54 Å². The van der Waals surface area contributed by atoms with Gasteiger partial charge in [0, 0.05) is 13.0 Å². The summed E-state index contributed by atoms with van der Waals surface area (Å²) < 4.78 is 0. The van der Waals surface area contributed by atoms with Crippen LogP contribution in [0.4, 0.5) is 0 Å². The first-order valence-corrected chi connectivity index (χ1v) is 11.1. The molecule has 1 N–H and O–H groups in total. The van der Waals surface area contributed by atoms with E-state index < -0.39 is 5.97 Å². The van der Waals surface area contributed by atoms with Crippen LogP contribution in [0.5, 0.6) is 0 Å². The van der Waals surface area contributed by atoms with Crippen LogP contribution >= 0.6 is 0 Å². The molecule has 0 fully saturated rings. The van der Waals surface area contributed by atoms with Crippen molar-refractivity contribution in [1.82, 2.24) is 0 Å². The Bertz CT molecular complexity index is 348. The number of carbonyl (C=O) groups is 1. The van der Waals surface area contributed by atoms with Crippen LogP contribution in [0.2, 0.25) is 0 Å². The molecule has 0 radical (unpaired) electrons. The summed E-state index contributed by atoms with van der Waals surface area (Å²) in [5, 5.41) is 20.0. The molecule has 0 aromatic carbocycles. The predicted molar refractivity (Wildman–Crippen MR) is 109 cm³/mol. The summed E-state index contributed by atoms with van der Waals surface area (Å²) in [4.78, 5) is 14.2. The minimum Gasteiger partial charge on any atom is -0.862 e. The van der Waals surface area contributed by atoms with Crippen LogP contribution in [0.15, 0.2) is 4.99 Å². The summed E-state index contributed by atoms with van der Waals surface area (Å²) in [6.45, 7) is 2.62. The van der Waals surface area contributed by atoms with Crippen LogP contribution in [0.25, 0.3) is 0 Å². The van der Waals surface area contributed by atoms with Crippen molar-refractivity contribution in [3.05, 3.63) is 0 Å². The van der Waals surface area contributed by atoms with Crippen molar-refractivity contribution in [3.8, 4) is 0 Å². The van der Waals surface area contributed by atoms with E-state index in [1.165, 1.54) is 83.5 Å². The van der Waals surface area contributed by atoms with E-state index in [4.69, 9.17) is 5.11 Å². The van der Waals surface area contributed by atoms with Gasteiger partial charge in [-0.3, -0.25) is 4.79 Å². The molecular weight excluding hydrogens is 349 g/mol. The van der Waals surface area contributed by atoms with Gasteiger partial charge in [-0.15, -0.1) is 0 Å². The molecule has 4 nitrogen and oxygen atoms in total. The van der Waals surface area contributed by atoms with Gasteiger partial charge in [-0.2, -0.15) is 0 Å². The number of nitrogens with zero attached hydrogens (tertiary/aromatic N) is 1.